The van der Waals surface area contributed by atoms with E-state index in [0.29, 0.717) is 18.3 Å². The minimum atomic E-state index is 0.227. The summed E-state index contributed by atoms with van der Waals surface area (Å²) in [7, 11) is 0. The van der Waals surface area contributed by atoms with Gasteiger partial charge in [-0.2, -0.15) is 0 Å². The number of rotatable bonds is 7. The van der Waals surface area contributed by atoms with Crippen LogP contribution in [0.3, 0.4) is 0 Å². The van der Waals surface area contributed by atoms with E-state index in [2.05, 4.69) is 48.2 Å². The summed E-state index contributed by atoms with van der Waals surface area (Å²) in [6.07, 6.45) is 6.50. The molecule has 2 fully saturated rings. The van der Waals surface area contributed by atoms with Crippen molar-refractivity contribution in [1.29, 1.82) is 0 Å². The molecule has 160 valence electrons. The summed E-state index contributed by atoms with van der Waals surface area (Å²) in [6.45, 7) is 6.95. The molecule has 0 spiro atoms. The van der Waals surface area contributed by atoms with Gasteiger partial charge < -0.3 is 4.74 Å². The van der Waals surface area contributed by atoms with E-state index in [9.17, 15) is 4.79 Å². The van der Waals surface area contributed by atoms with Crippen LogP contribution in [0.15, 0.2) is 36.4 Å². The Hall–Kier alpha value is -1.84. The second-order valence-electron chi connectivity index (χ2n) is 9.08. The molecule has 1 aliphatic heterocycles. The summed E-state index contributed by atoms with van der Waals surface area (Å²) in [6, 6.07) is 12.8. The maximum Gasteiger partial charge on any atom is 0.135 e. The SMILES string of the molecule is CC(=O)C1CN(Cc2ccc(OCc3ccc(C4CCCCC4)c(Cl)c3)c(C)c2)C1. The summed E-state index contributed by atoms with van der Waals surface area (Å²) in [5.74, 6) is 2.06. The van der Waals surface area contributed by atoms with Crippen molar-refractivity contribution in [3.05, 3.63) is 63.7 Å². The molecule has 0 radical (unpaired) electrons. The molecule has 0 bridgehead atoms. The number of hydrogen-bond acceptors (Lipinski definition) is 3. The fraction of sp³-hybridized carbons (Fsp3) is 0.500. The van der Waals surface area contributed by atoms with Crippen LogP contribution < -0.4 is 4.74 Å². The van der Waals surface area contributed by atoms with Crippen LogP contribution in [0.4, 0.5) is 0 Å². The minimum Gasteiger partial charge on any atom is -0.489 e. The zero-order valence-corrected chi connectivity index (χ0v) is 18.9. The van der Waals surface area contributed by atoms with Crippen molar-refractivity contribution < 1.29 is 9.53 Å². The monoisotopic (exact) mass is 425 g/mol. The summed E-state index contributed by atoms with van der Waals surface area (Å²) in [5, 5.41) is 0.883. The molecule has 4 heteroatoms. The highest BCUT2D eigenvalue weighted by atomic mass is 35.5. The maximum atomic E-state index is 11.4. The molecule has 0 amide bonds. The van der Waals surface area contributed by atoms with Gasteiger partial charge in [-0.25, -0.2) is 0 Å². The third-order valence-electron chi connectivity index (χ3n) is 6.68. The van der Waals surface area contributed by atoms with E-state index < -0.39 is 0 Å². The minimum absolute atomic E-state index is 0.227. The van der Waals surface area contributed by atoms with Crippen LogP contribution in [0.5, 0.6) is 5.75 Å². The first-order chi connectivity index (χ1) is 14.5. The van der Waals surface area contributed by atoms with E-state index in [1.807, 2.05) is 0 Å². The second-order valence-corrected chi connectivity index (χ2v) is 9.49. The van der Waals surface area contributed by atoms with Gasteiger partial charge in [0.15, 0.2) is 0 Å². The number of ketones is 1. The Morgan fingerprint density at radius 3 is 2.47 bits per heavy atom. The summed E-state index contributed by atoms with van der Waals surface area (Å²) in [4.78, 5) is 13.7. The molecule has 4 rings (SSSR count). The molecular formula is C26H32ClNO2. The van der Waals surface area contributed by atoms with Gasteiger partial charge in [0.25, 0.3) is 0 Å². The quantitative estimate of drug-likeness (QED) is 0.521. The number of carbonyl (C=O) groups is 1. The van der Waals surface area contributed by atoms with Crippen molar-refractivity contribution in [3.63, 3.8) is 0 Å². The molecule has 2 aromatic carbocycles. The van der Waals surface area contributed by atoms with Crippen LogP contribution in [0.1, 0.15) is 67.2 Å². The van der Waals surface area contributed by atoms with Crippen LogP contribution in [0, 0.1) is 12.8 Å². The van der Waals surface area contributed by atoms with E-state index >= 15 is 0 Å². The molecule has 2 aliphatic rings. The highest BCUT2D eigenvalue weighted by Crippen LogP contribution is 2.36. The third-order valence-corrected chi connectivity index (χ3v) is 7.01. The van der Waals surface area contributed by atoms with Crippen LogP contribution in [-0.2, 0) is 17.9 Å². The van der Waals surface area contributed by atoms with Crippen molar-refractivity contribution >= 4 is 17.4 Å². The first kappa shape index (κ1) is 21.4. The van der Waals surface area contributed by atoms with Crippen molar-refractivity contribution in [2.45, 2.75) is 65.0 Å². The first-order valence-corrected chi connectivity index (χ1v) is 11.6. The molecule has 30 heavy (non-hydrogen) atoms. The topological polar surface area (TPSA) is 29.5 Å². The summed E-state index contributed by atoms with van der Waals surface area (Å²) in [5.41, 5.74) is 4.82. The third kappa shape index (κ3) is 5.07. The fourth-order valence-corrected chi connectivity index (χ4v) is 5.11. The molecule has 0 aromatic heterocycles. The average Bonchev–Trinajstić information content (AvgIpc) is 2.70. The molecule has 3 nitrogen and oxygen atoms in total. The number of nitrogens with zero attached hydrogens (tertiary/aromatic N) is 1. The number of carbonyl (C=O) groups excluding carboxylic acids is 1. The van der Waals surface area contributed by atoms with Crippen LogP contribution in [0.2, 0.25) is 5.02 Å². The lowest BCUT2D eigenvalue weighted by atomic mass is 9.84. The second kappa shape index (κ2) is 9.53. The number of Topliss-reactive ketones (excluding diaryl/α,β-unsaturated/α-hetero) is 1. The normalized spacial score (nSPS) is 18.2. The van der Waals surface area contributed by atoms with E-state index in [-0.39, 0.29) is 5.92 Å². The van der Waals surface area contributed by atoms with Gasteiger partial charge in [0.2, 0.25) is 0 Å². The van der Waals surface area contributed by atoms with Crippen LogP contribution in [-0.4, -0.2) is 23.8 Å². The highest BCUT2D eigenvalue weighted by molar-refractivity contribution is 6.31. The molecule has 1 saturated carbocycles. The van der Waals surface area contributed by atoms with Gasteiger partial charge in [0, 0.05) is 30.6 Å². The molecule has 2 aromatic rings. The predicted molar refractivity (Wildman–Crippen MR) is 122 cm³/mol. The Bertz CT molecular complexity index is 898. The molecule has 0 N–H and O–H groups in total. The standard InChI is InChI=1S/C26H32ClNO2/c1-18-12-20(14-28-15-23(16-28)19(2)29)9-11-26(18)30-17-21-8-10-24(25(27)13-21)22-6-4-3-5-7-22/h8-13,22-23H,3-7,14-17H2,1-2H3. The van der Waals surface area contributed by atoms with Crippen LogP contribution in [0.25, 0.3) is 0 Å². The Kier molecular flexibility index (Phi) is 6.80. The number of halogens is 1. The average molecular weight is 426 g/mol. The molecule has 0 atom stereocenters. The molecule has 1 saturated heterocycles. The summed E-state index contributed by atoms with van der Waals surface area (Å²) < 4.78 is 6.10. The van der Waals surface area contributed by atoms with Gasteiger partial charge in [-0.05, 0) is 67.0 Å². The maximum absolute atomic E-state index is 11.4. The van der Waals surface area contributed by atoms with Gasteiger partial charge in [-0.15, -0.1) is 0 Å². The van der Waals surface area contributed by atoms with Crippen LogP contribution >= 0.6 is 11.6 Å². The van der Waals surface area contributed by atoms with E-state index in [0.717, 1.165) is 41.5 Å². The first-order valence-electron chi connectivity index (χ1n) is 11.2. The Morgan fingerprint density at radius 1 is 1.07 bits per heavy atom. The van der Waals surface area contributed by atoms with Crippen molar-refractivity contribution in [2.24, 2.45) is 5.92 Å². The van der Waals surface area contributed by atoms with E-state index in [4.69, 9.17) is 16.3 Å². The van der Waals surface area contributed by atoms with Crippen molar-refractivity contribution in [2.75, 3.05) is 13.1 Å². The van der Waals surface area contributed by atoms with Gasteiger partial charge >= 0.3 is 0 Å². The lowest BCUT2D eigenvalue weighted by Crippen LogP contribution is -2.48. The lowest BCUT2D eigenvalue weighted by Gasteiger charge is -2.37. The fourth-order valence-electron chi connectivity index (χ4n) is 4.75. The molecular weight excluding hydrogens is 394 g/mol. The molecule has 0 unspecified atom stereocenters. The van der Waals surface area contributed by atoms with Gasteiger partial charge in [-0.1, -0.05) is 55.1 Å². The Balaban J connectivity index is 1.32. The number of ether oxygens (including phenoxy) is 1. The predicted octanol–water partition coefficient (Wildman–Crippen LogP) is 6.30. The van der Waals surface area contributed by atoms with Gasteiger partial charge in [0.1, 0.15) is 18.1 Å². The van der Waals surface area contributed by atoms with Gasteiger partial charge in [-0.3, -0.25) is 9.69 Å². The molecule has 1 heterocycles. The Morgan fingerprint density at radius 2 is 1.80 bits per heavy atom. The largest absolute Gasteiger partial charge is 0.489 e. The van der Waals surface area contributed by atoms with Crippen molar-refractivity contribution in [3.8, 4) is 5.75 Å². The summed E-state index contributed by atoms with van der Waals surface area (Å²) >= 11 is 6.61. The zero-order valence-electron chi connectivity index (χ0n) is 18.1. The number of benzene rings is 2. The van der Waals surface area contributed by atoms with E-state index in [1.54, 1.807) is 6.92 Å². The zero-order chi connectivity index (χ0) is 21.1. The van der Waals surface area contributed by atoms with Gasteiger partial charge in [0.05, 0.1) is 0 Å². The number of likely N-dealkylation sites (tertiary alicyclic amines) is 1. The molecule has 1 aliphatic carbocycles. The lowest BCUT2D eigenvalue weighted by molar-refractivity contribution is -0.126. The van der Waals surface area contributed by atoms with Crippen molar-refractivity contribution in [1.82, 2.24) is 4.90 Å². The highest BCUT2D eigenvalue weighted by Gasteiger charge is 2.29. The Labute approximate surface area is 185 Å². The van der Waals surface area contributed by atoms with E-state index in [1.165, 1.54) is 43.2 Å². The number of aryl methyl sites for hydroxylation is 1. The smallest absolute Gasteiger partial charge is 0.135 e. The number of hydrogen-bond donors (Lipinski definition) is 0.